The van der Waals surface area contributed by atoms with Crippen LogP contribution in [0.15, 0.2) is 24.7 Å². The summed E-state index contributed by atoms with van der Waals surface area (Å²) in [5, 5.41) is 8.78. The summed E-state index contributed by atoms with van der Waals surface area (Å²) in [7, 11) is 0. The summed E-state index contributed by atoms with van der Waals surface area (Å²) in [5.74, 6) is -1.25. The first-order valence-corrected chi connectivity index (χ1v) is 6.08. The number of piperidine rings is 1. The molecule has 20 heavy (non-hydrogen) atoms. The number of carbonyl (C=O) groups excluding carboxylic acids is 3. The minimum absolute atomic E-state index is 0.212. The average Bonchev–Trinajstić information content (AvgIpc) is 2.86. The first-order chi connectivity index (χ1) is 9.65. The molecule has 1 fully saturated rings. The van der Waals surface area contributed by atoms with Crippen LogP contribution in [0.2, 0.25) is 0 Å². The van der Waals surface area contributed by atoms with Gasteiger partial charge < -0.3 is 5.32 Å². The van der Waals surface area contributed by atoms with Gasteiger partial charge in [0.25, 0.3) is 5.91 Å². The maximum Gasteiger partial charge on any atom is 0.257 e. The second-order valence-corrected chi connectivity index (χ2v) is 4.42. The number of fused-ring (bicyclic) bond motifs is 1. The molecule has 0 bridgehead atoms. The molecule has 0 radical (unpaired) electrons. The summed E-state index contributed by atoms with van der Waals surface area (Å²) in [6.07, 6.45) is 5.13. The molecule has 0 aromatic carbocycles. The zero-order valence-electron chi connectivity index (χ0n) is 10.4. The second kappa shape index (κ2) is 4.72. The summed E-state index contributed by atoms with van der Waals surface area (Å²) >= 11 is 0. The zero-order valence-corrected chi connectivity index (χ0v) is 10.4. The second-order valence-electron chi connectivity index (χ2n) is 4.42. The molecule has 0 aliphatic carbocycles. The number of imide groups is 1. The summed E-state index contributed by atoms with van der Waals surface area (Å²) in [5.41, 5.74) is 0.701. The Morgan fingerprint density at radius 2 is 2.30 bits per heavy atom. The number of nitrogens with zero attached hydrogens (tertiary/aromatic N) is 3. The van der Waals surface area contributed by atoms with E-state index in [-0.39, 0.29) is 17.9 Å². The van der Waals surface area contributed by atoms with Crippen molar-refractivity contribution in [1.29, 1.82) is 0 Å². The minimum Gasteiger partial charge on any atom is -0.340 e. The molecule has 8 heteroatoms. The highest BCUT2D eigenvalue weighted by Gasteiger charge is 2.28. The summed E-state index contributed by atoms with van der Waals surface area (Å²) in [6, 6.07) is 0.987. The van der Waals surface area contributed by atoms with Gasteiger partial charge in [-0.25, -0.2) is 9.50 Å². The fraction of sp³-hybridized carbons (Fsp3) is 0.250. The van der Waals surface area contributed by atoms with Crippen LogP contribution in [-0.4, -0.2) is 38.4 Å². The Balaban J connectivity index is 1.80. The lowest BCUT2D eigenvalue weighted by Crippen LogP contribution is -2.52. The highest BCUT2D eigenvalue weighted by Crippen LogP contribution is 2.09. The van der Waals surface area contributed by atoms with Crippen molar-refractivity contribution in [2.24, 2.45) is 0 Å². The molecule has 102 valence electrons. The topological polar surface area (TPSA) is 105 Å². The molecule has 3 amide bonds. The standard InChI is InChI=1S/C12H11N5O3/c18-9-3-2-8(12(20)16-9)15-11(19)7-6-14-17-5-1-4-13-10(7)17/h1,4-6,8H,2-3H2,(H,15,19)(H,16,18,20)/t8-/m1/s1. The molecule has 2 N–H and O–H groups in total. The van der Waals surface area contributed by atoms with Crippen LogP contribution in [0.3, 0.4) is 0 Å². The van der Waals surface area contributed by atoms with Crippen LogP contribution >= 0.6 is 0 Å². The fourth-order valence-electron chi connectivity index (χ4n) is 2.05. The molecule has 1 atom stereocenters. The number of hydrogen-bond donors (Lipinski definition) is 2. The number of nitrogens with one attached hydrogen (secondary N) is 2. The van der Waals surface area contributed by atoms with E-state index in [4.69, 9.17) is 0 Å². The van der Waals surface area contributed by atoms with Crippen LogP contribution in [0.25, 0.3) is 5.65 Å². The van der Waals surface area contributed by atoms with Crippen molar-refractivity contribution in [3.8, 4) is 0 Å². The normalized spacial score (nSPS) is 18.9. The lowest BCUT2D eigenvalue weighted by Gasteiger charge is -2.21. The van der Waals surface area contributed by atoms with Gasteiger partial charge in [0.05, 0.1) is 6.20 Å². The van der Waals surface area contributed by atoms with Crippen LogP contribution in [0, 0.1) is 0 Å². The third kappa shape index (κ3) is 2.11. The van der Waals surface area contributed by atoms with Crippen LogP contribution in [0.4, 0.5) is 0 Å². The predicted octanol–water partition coefficient (Wildman–Crippen LogP) is -0.736. The van der Waals surface area contributed by atoms with Crippen LogP contribution in [-0.2, 0) is 9.59 Å². The molecule has 3 rings (SSSR count). The molecule has 0 saturated carbocycles. The molecule has 1 aliphatic heterocycles. The van der Waals surface area contributed by atoms with Gasteiger partial charge in [0, 0.05) is 18.8 Å². The molecule has 0 spiro atoms. The number of aromatic nitrogens is 3. The Morgan fingerprint density at radius 3 is 3.10 bits per heavy atom. The largest absolute Gasteiger partial charge is 0.340 e. The van der Waals surface area contributed by atoms with Crippen molar-refractivity contribution in [3.05, 3.63) is 30.2 Å². The molecule has 3 heterocycles. The van der Waals surface area contributed by atoms with E-state index in [2.05, 4.69) is 20.7 Å². The van der Waals surface area contributed by atoms with E-state index < -0.39 is 17.9 Å². The monoisotopic (exact) mass is 273 g/mol. The minimum atomic E-state index is -0.709. The molecule has 1 saturated heterocycles. The van der Waals surface area contributed by atoms with Gasteiger partial charge in [0.15, 0.2) is 5.65 Å². The Morgan fingerprint density at radius 1 is 1.45 bits per heavy atom. The van der Waals surface area contributed by atoms with Crippen molar-refractivity contribution in [2.75, 3.05) is 0 Å². The smallest absolute Gasteiger partial charge is 0.257 e. The first-order valence-electron chi connectivity index (χ1n) is 6.08. The van der Waals surface area contributed by atoms with Gasteiger partial charge in [-0.2, -0.15) is 5.10 Å². The molecular formula is C12H11N5O3. The van der Waals surface area contributed by atoms with E-state index in [1.54, 1.807) is 18.5 Å². The zero-order chi connectivity index (χ0) is 14.1. The van der Waals surface area contributed by atoms with Crippen molar-refractivity contribution in [3.63, 3.8) is 0 Å². The van der Waals surface area contributed by atoms with Crippen LogP contribution in [0.1, 0.15) is 23.2 Å². The predicted molar refractivity (Wildman–Crippen MR) is 66.6 cm³/mol. The van der Waals surface area contributed by atoms with E-state index in [1.165, 1.54) is 10.7 Å². The van der Waals surface area contributed by atoms with E-state index in [1.807, 2.05) is 0 Å². The molecule has 0 unspecified atom stereocenters. The molecule has 2 aromatic rings. The van der Waals surface area contributed by atoms with E-state index in [0.717, 1.165) is 0 Å². The maximum atomic E-state index is 12.1. The van der Waals surface area contributed by atoms with Gasteiger partial charge in [0.1, 0.15) is 11.6 Å². The van der Waals surface area contributed by atoms with Crippen molar-refractivity contribution in [2.45, 2.75) is 18.9 Å². The number of amides is 3. The lowest BCUT2D eigenvalue weighted by atomic mass is 10.1. The molecule has 1 aliphatic rings. The number of carbonyl (C=O) groups is 3. The Bertz CT molecular complexity index is 708. The van der Waals surface area contributed by atoms with Gasteiger partial charge >= 0.3 is 0 Å². The molecular weight excluding hydrogens is 262 g/mol. The highest BCUT2D eigenvalue weighted by atomic mass is 16.2. The Labute approximate surface area is 113 Å². The number of rotatable bonds is 2. The fourth-order valence-corrected chi connectivity index (χ4v) is 2.05. The summed E-state index contributed by atoms with van der Waals surface area (Å²) in [6.45, 7) is 0. The lowest BCUT2D eigenvalue weighted by molar-refractivity contribution is -0.134. The molecule has 8 nitrogen and oxygen atoms in total. The van der Waals surface area contributed by atoms with Crippen LogP contribution < -0.4 is 10.6 Å². The highest BCUT2D eigenvalue weighted by molar-refractivity contribution is 6.05. The maximum absolute atomic E-state index is 12.1. The van der Waals surface area contributed by atoms with E-state index >= 15 is 0 Å². The third-order valence-electron chi connectivity index (χ3n) is 3.07. The Kier molecular flexibility index (Phi) is 2.90. The Hall–Kier alpha value is -2.77. The van der Waals surface area contributed by atoms with Crippen LogP contribution in [0.5, 0.6) is 0 Å². The van der Waals surface area contributed by atoms with Gasteiger partial charge in [-0.3, -0.25) is 19.7 Å². The van der Waals surface area contributed by atoms with Crippen molar-refractivity contribution < 1.29 is 14.4 Å². The van der Waals surface area contributed by atoms with E-state index in [9.17, 15) is 14.4 Å². The van der Waals surface area contributed by atoms with Crippen molar-refractivity contribution in [1.82, 2.24) is 25.2 Å². The summed E-state index contributed by atoms with van der Waals surface area (Å²) in [4.78, 5) is 38.8. The average molecular weight is 273 g/mol. The molecule has 2 aromatic heterocycles. The summed E-state index contributed by atoms with van der Waals surface area (Å²) < 4.78 is 1.47. The number of hydrogen-bond acceptors (Lipinski definition) is 5. The van der Waals surface area contributed by atoms with Gasteiger partial charge in [-0.15, -0.1) is 0 Å². The van der Waals surface area contributed by atoms with Gasteiger partial charge in [0.2, 0.25) is 11.8 Å². The third-order valence-corrected chi connectivity index (χ3v) is 3.07. The van der Waals surface area contributed by atoms with Crippen molar-refractivity contribution >= 4 is 23.4 Å². The quantitative estimate of drug-likeness (QED) is 0.701. The van der Waals surface area contributed by atoms with Gasteiger partial charge in [-0.1, -0.05) is 0 Å². The van der Waals surface area contributed by atoms with Gasteiger partial charge in [-0.05, 0) is 12.5 Å². The van der Waals surface area contributed by atoms with E-state index in [0.29, 0.717) is 12.1 Å². The SMILES string of the molecule is O=C1CC[C@@H](NC(=O)c2cnn3cccnc23)C(=O)N1. The first kappa shape index (κ1) is 12.3.